The molecule has 1 aliphatic carbocycles. The van der Waals surface area contributed by atoms with Crippen molar-refractivity contribution in [2.45, 2.75) is 19.9 Å². The predicted octanol–water partition coefficient (Wildman–Crippen LogP) is 4.64. The maximum absolute atomic E-state index is 6.37. The second-order valence-corrected chi connectivity index (χ2v) is 5.56. The fourth-order valence-corrected chi connectivity index (χ4v) is 3.10. The van der Waals surface area contributed by atoms with Gasteiger partial charge >= 0.3 is 0 Å². The number of halogens is 2. The minimum absolute atomic E-state index is 0.107. The van der Waals surface area contributed by atoms with Gasteiger partial charge in [-0.3, -0.25) is 0 Å². The molecule has 0 saturated heterocycles. The Kier molecular flexibility index (Phi) is 2.67. The van der Waals surface area contributed by atoms with Crippen molar-refractivity contribution in [1.82, 2.24) is 0 Å². The van der Waals surface area contributed by atoms with Crippen LogP contribution in [0.1, 0.15) is 28.3 Å². The van der Waals surface area contributed by atoms with E-state index in [9.17, 15) is 0 Å². The second kappa shape index (κ2) is 3.99. The summed E-state index contributed by atoms with van der Waals surface area (Å²) in [6.07, 6.45) is 0. The summed E-state index contributed by atoms with van der Waals surface area (Å²) in [5.41, 5.74) is 13.1. The van der Waals surface area contributed by atoms with Gasteiger partial charge in [-0.05, 0) is 47.7 Å². The molecule has 1 unspecified atom stereocenters. The van der Waals surface area contributed by atoms with Gasteiger partial charge in [-0.2, -0.15) is 0 Å². The summed E-state index contributed by atoms with van der Waals surface area (Å²) in [4.78, 5) is 0. The van der Waals surface area contributed by atoms with Crippen molar-refractivity contribution in [3.8, 4) is 11.1 Å². The van der Waals surface area contributed by atoms with Crippen LogP contribution in [0.15, 0.2) is 24.3 Å². The summed E-state index contributed by atoms with van der Waals surface area (Å²) in [5, 5.41) is 1.19. The molecule has 0 spiro atoms. The van der Waals surface area contributed by atoms with E-state index in [4.69, 9.17) is 28.9 Å². The smallest absolute Gasteiger partial charge is 0.0674 e. The first kappa shape index (κ1) is 12.0. The Morgan fingerprint density at radius 2 is 1.56 bits per heavy atom. The summed E-state index contributed by atoms with van der Waals surface area (Å²) < 4.78 is 0. The topological polar surface area (TPSA) is 26.0 Å². The van der Waals surface area contributed by atoms with Gasteiger partial charge in [0.25, 0.3) is 0 Å². The van der Waals surface area contributed by atoms with E-state index in [1.807, 2.05) is 12.1 Å². The average Bonchev–Trinajstić information content (AvgIpc) is 2.64. The van der Waals surface area contributed by atoms with E-state index < -0.39 is 0 Å². The number of fused-ring (bicyclic) bond motifs is 3. The number of rotatable bonds is 0. The van der Waals surface area contributed by atoms with E-state index in [0.717, 1.165) is 22.3 Å². The standard InChI is InChI=1S/C15H13Cl2N/c1-7-3-4-9-12(8(7)2)13-10(15(9)18)5-6-11(16)14(13)17/h3-6,15H,18H2,1-2H3. The molecule has 18 heavy (non-hydrogen) atoms. The molecule has 92 valence electrons. The van der Waals surface area contributed by atoms with Gasteiger partial charge in [0.1, 0.15) is 0 Å². The van der Waals surface area contributed by atoms with Gasteiger partial charge in [0.05, 0.1) is 16.1 Å². The van der Waals surface area contributed by atoms with Crippen molar-refractivity contribution in [2.24, 2.45) is 5.73 Å². The molecule has 0 fully saturated rings. The lowest BCUT2D eigenvalue weighted by atomic mass is 9.96. The Labute approximate surface area is 117 Å². The number of hydrogen-bond acceptors (Lipinski definition) is 1. The van der Waals surface area contributed by atoms with Crippen LogP contribution in [0.4, 0.5) is 0 Å². The monoisotopic (exact) mass is 277 g/mol. The summed E-state index contributed by atoms with van der Waals surface area (Å²) in [7, 11) is 0. The largest absolute Gasteiger partial charge is 0.320 e. The lowest BCUT2D eigenvalue weighted by molar-refractivity contribution is 0.899. The van der Waals surface area contributed by atoms with Gasteiger partial charge in [-0.15, -0.1) is 0 Å². The zero-order chi connectivity index (χ0) is 13.0. The van der Waals surface area contributed by atoms with Gasteiger partial charge in [0, 0.05) is 5.56 Å². The van der Waals surface area contributed by atoms with Crippen LogP contribution in [0.3, 0.4) is 0 Å². The Bertz CT molecular complexity index is 605. The summed E-state index contributed by atoms with van der Waals surface area (Å²) in [6.45, 7) is 4.20. The van der Waals surface area contributed by atoms with Crippen LogP contribution in [0.2, 0.25) is 10.0 Å². The normalized spacial score (nSPS) is 16.6. The lowest BCUT2D eigenvalue weighted by Crippen LogP contribution is -2.08. The predicted molar refractivity (Wildman–Crippen MR) is 77.4 cm³/mol. The number of aryl methyl sites for hydroxylation is 1. The van der Waals surface area contributed by atoms with Gasteiger partial charge in [-0.25, -0.2) is 0 Å². The SMILES string of the molecule is Cc1ccc2c(c1C)-c1c(ccc(Cl)c1Cl)C2N. The quantitative estimate of drug-likeness (QED) is 0.746. The van der Waals surface area contributed by atoms with Crippen molar-refractivity contribution < 1.29 is 0 Å². The molecule has 1 aliphatic rings. The van der Waals surface area contributed by atoms with Gasteiger partial charge in [0.15, 0.2) is 0 Å². The minimum atomic E-state index is -0.107. The maximum atomic E-state index is 6.37. The van der Waals surface area contributed by atoms with Crippen LogP contribution in [0, 0.1) is 13.8 Å². The average molecular weight is 278 g/mol. The van der Waals surface area contributed by atoms with Crippen LogP contribution in [-0.4, -0.2) is 0 Å². The fraction of sp³-hybridized carbons (Fsp3) is 0.200. The third-order valence-corrected chi connectivity index (χ3v) is 4.62. The van der Waals surface area contributed by atoms with E-state index in [1.165, 1.54) is 11.1 Å². The molecule has 0 heterocycles. The lowest BCUT2D eigenvalue weighted by Gasteiger charge is -2.10. The first-order chi connectivity index (χ1) is 8.52. The van der Waals surface area contributed by atoms with E-state index in [2.05, 4.69) is 26.0 Å². The molecule has 1 nitrogen and oxygen atoms in total. The molecule has 0 bridgehead atoms. The van der Waals surface area contributed by atoms with Crippen molar-refractivity contribution in [3.63, 3.8) is 0 Å². The van der Waals surface area contributed by atoms with Gasteiger partial charge in [0.2, 0.25) is 0 Å². The highest BCUT2D eigenvalue weighted by Gasteiger charge is 2.30. The van der Waals surface area contributed by atoms with Gasteiger partial charge in [-0.1, -0.05) is 41.4 Å². The number of nitrogens with two attached hydrogens (primary N) is 1. The maximum Gasteiger partial charge on any atom is 0.0674 e. The molecule has 2 N–H and O–H groups in total. The summed E-state index contributed by atoms with van der Waals surface area (Å²) in [5.74, 6) is 0. The van der Waals surface area contributed by atoms with Crippen LogP contribution >= 0.6 is 23.2 Å². The molecule has 0 aromatic heterocycles. The highest BCUT2D eigenvalue weighted by Crippen LogP contribution is 2.49. The van der Waals surface area contributed by atoms with Crippen LogP contribution in [-0.2, 0) is 0 Å². The first-order valence-corrected chi connectivity index (χ1v) is 6.62. The van der Waals surface area contributed by atoms with Crippen molar-refractivity contribution >= 4 is 23.2 Å². The van der Waals surface area contributed by atoms with Crippen molar-refractivity contribution in [1.29, 1.82) is 0 Å². The van der Waals surface area contributed by atoms with Crippen LogP contribution in [0.5, 0.6) is 0 Å². The molecule has 0 amide bonds. The molecule has 2 aromatic rings. The zero-order valence-corrected chi connectivity index (χ0v) is 11.7. The third-order valence-electron chi connectivity index (χ3n) is 3.82. The molecule has 3 heteroatoms. The van der Waals surface area contributed by atoms with E-state index in [-0.39, 0.29) is 6.04 Å². The molecule has 1 atom stereocenters. The van der Waals surface area contributed by atoms with Gasteiger partial charge < -0.3 is 5.73 Å². The molecular weight excluding hydrogens is 265 g/mol. The molecule has 0 aliphatic heterocycles. The second-order valence-electron chi connectivity index (χ2n) is 4.77. The minimum Gasteiger partial charge on any atom is -0.320 e. The van der Waals surface area contributed by atoms with Crippen LogP contribution in [0.25, 0.3) is 11.1 Å². The summed E-state index contributed by atoms with van der Waals surface area (Å²) >= 11 is 12.5. The molecule has 3 rings (SSSR count). The van der Waals surface area contributed by atoms with E-state index in [0.29, 0.717) is 10.0 Å². The number of benzene rings is 2. The zero-order valence-electron chi connectivity index (χ0n) is 10.2. The Hall–Kier alpha value is -1.02. The Morgan fingerprint density at radius 3 is 2.28 bits per heavy atom. The molecular formula is C15H13Cl2N. The van der Waals surface area contributed by atoms with Crippen molar-refractivity contribution in [2.75, 3.05) is 0 Å². The Morgan fingerprint density at radius 1 is 0.944 bits per heavy atom. The van der Waals surface area contributed by atoms with E-state index >= 15 is 0 Å². The van der Waals surface area contributed by atoms with Crippen LogP contribution < -0.4 is 5.73 Å². The fourth-order valence-electron chi connectivity index (χ4n) is 2.67. The molecule has 0 saturated carbocycles. The number of hydrogen-bond donors (Lipinski definition) is 1. The van der Waals surface area contributed by atoms with Crippen molar-refractivity contribution in [3.05, 3.63) is 56.6 Å². The highest BCUT2D eigenvalue weighted by atomic mass is 35.5. The summed E-state index contributed by atoms with van der Waals surface area (Å²) in [6, 6.07) is 7.88. The molecule has 0 radical (unpaired) electrons. The third kappa shape index (κ3) is 1.45. The Balaban J connectivity index is 2.44. The van der Waals surface area contributed by atoms with E-state index in [1.54, 1.807) is 0 Å². The first-order valence-electron chi connectivity index (χ1n) is 5.86. The highest BCUT2D eigenvalue weighted by molar-refractivity contribution is 6.44. The molecule has 2 aromatic carbocycles.